The molecule has 10 nitrogen and oxygen atoms in total. The third-order valence-electron chi connectivity index (χ3n) is 4.62. The molecule has 0 saturated carbocycles. The van der Waals surface area contributed by atoms with Gasteiger partial charge in [-0.15, -0.1) is 14.8 Å². The molecule has 4 heterocycles. The van der Waals surface area contributed by atoms with E-state index in [2.05, 4.69) is 47.6 Å². The van der Waals surface area contributed by atoms with Crippen LogP contribution in [-0.2, 0) is 13.0 Å². The number of fused-ring (bicyclic) bond motifs is 1. The third kappa shape index (κ3) is 3.29. The summed E-state index contributed by atoms with van der Waals surface area (Å²) < 4.78 is 6.66. The summed E-state index contributed by atoms with van der Waals surface area (Å²) in [7, 11) is 2.07. The third-order valence-corrected chi connectivity index (χ3v) is 4.62. The molecule has 25 heavy (non-hydrogen) atoms. The highest BCUT2D eigenvalue weighted by Gasteiger charge is 2.25. The summed E-state index contributed by atoms with van der Waals surface area (Å²) in [4.78, 5) is 8.97. The molecule has 1 aliphatic rings. The first-order valence-electron chi connectivity index (χ1n) is 8.55. The van der Waals surface area contributed by atoms with Gasteiger partial charge in [-0.3, -0.25) is 4.90 Å². The molecule has 0 N–H and O–H groups in total. The van der Waals surface area contributed by atoms with Crippen molar-refractivity contribution in [2.24, 2.45) is 0 Å². The maximum absolute atomic E-state index is 5.20. The molecule has 0 aliphatic carbocycles. The molecule has 0 radical (unpaired) electrons. The second-order valence-corrected chi connectivity index (χ2v) is 6.32. The standard InChI is InChI=1S/C15H21N9O/c1-3-15-16-12(19-25-15)10-23-8-4-5-11(9-23)22(2)14-7-6-13-17-20-21-24(13)18-14/h6-7,11H,3-5,8-10H2,1-2H3. The van der Waals surface area contributed by atoms with Crippen molar-refractivity contribution in [3.8, 4) is 0 Å². The topological polar surface area (TPSA) is 101 Å². The molecule has 1 saturated heterocycles. The SMILES string of the molecule is CCc1nc(CN2CCCC(N(C)c3ccc4nnnn4n3)C2)no1. The normalized spacial score (nSPS) is 18.7. The Labute approximate surface area is 144 Å². The summed E-state index contributed by atoms with van der Waals surface area (Å²) in [5.41, 5.74) is 0.645. The van der Waals surface area contributed by atoms with E-state index in [0.29, 0.717) is 24.1 Å². The lowest BCUT2D eigenvalue weighted by molar-refractivity contribution is 0.192. The summed E-state index contributed by atoms with van der Waals surface area (Å²) in [5.74, 6) is 2.31. The Bertz CT molecular complexity index is 844. The van der Waals surface area contributed by atoms with Gasteiger partial charge in [0.2, 0.25) is 5.89 Å². The Morgan fingerprint density at radius 2 is 2.28 bits per heavy atom. The number of rotatable bonds is 5. The second-order valence-electron chi connectivity index (χ2n) is 6.32. The summed E-state index contributed by atoms with van der Waals surface area (Å²) >= 11 is 0. The highest BCUT2D eigenvalue weighted by Crippen LogP contribution is 2.20. The number of nitrogens with zero attached hydrogens (tertiary/aromatic N) is 9. The first-order valence-corrected chi connectivity index (χ1v) is 8.55. The molecule has 132 valence electrons. The number of likely N-dealkylation sites (tertiary alicyclic amines) is 1. The summed E-state index contributed by atoms with van der Waals surface area (Å²) in [5, 5.41) is 19.9. The number of aromatic nitrogens is 7. The van der Waals surface area contributed by atoms with E-state index in [0.717, 1.165) is 44.0 Å². The van der Waals surface area contributed by atoms with Gasteiger partial charge in [0.25, 0.3) is 0 Å². The lowest BCUT2D eigenvalue weighted by Gasteiger charge is -2.37. The second kappa shape index (κ2) is 6.71. The predicted molar refractivity (Wildman–Crippen MR) is 89.0 cm³/mol. The van der Waals surface area contributed by atoms with Crippen molar-refractivity contribution < 1.29 is 4.52 Å². The average Bonchev–Trinajstić information content (AvgIpc) is 3.29. The van der Waals surface area contributed by atoms with Crippen molar-refractivity contribution in [2.45, 2.75) is 38.8 Å². The van der Waals surface area contributed by atoms with Crippen molar-refractivity contribution in [2.75, 3.05) is 25.0 Å². The van der Waals surface area contributed by atoms with Crippen LogP contribution in [0.4, 0.5) is 5.82 Å². The van der Waals surface area contributed by atoms with Crippen molar-refractivity contribution in [1.82, 2.24) is 40.3 Å². The molecule has 0 bridgehead atoms. The van der Waals surface area contributed by atoms with E-state index >= 15 is 0 Å². The highest BCUT2D eigenvalue weighted by atomic mass is 16.5. The summed E-state index contributed by atoms with van der Waals surface area (Å²) in [6.45, 7) is 4.70. The zero-order chi connectivity index (χ0) is 17.2. The van der Waals surface area contributed by atoms with Gasteiger partial charge in [0.15, 0.2) is 17.3 Å². The fourth-order valence-electron chi connectivity index (χ4n) is 3.20. The average molecular weight is 343 g/mol. The van der Waals surface area contributed by atoms with Gasteiger partial charge in [0.1, 0.15) is 0 Å². The maximum atomic E-state index is 5.20. The highest BCUT2D eigenvalue weighted by molar-refractivity contribution is 5.44. The van der Waals surface area contributed by atoms with Gasteiger partial charge in [0, 0.05) is 26.1 Å². The van der Waals surface area contributed by atoms with Crippen LogP contribution in [0.3, 0.4) is 0 Å². The van der Waals surface area contributed by atoms with Crippen LogP contribution in [0.2, 0.25) is 0 Å². The molecule has 0 amide bonds. The zero-order valence-corrected chi connectivity index (χ0v) is 14.4. The van der Waals surface area contributed by atoms with E-state index in [1.807, 2.05) is 19.1 Å². The summed E-state index contributed by atoms with van der Waals surface area (Å²) in [6, 6.07) is 4.20. The Balaban J connectivity index is 1.44. The fourth-order valence-corrected chi connectivity index (χ4v) is 3.20. The molecule has 1 aliphatic heterocycles. The first-order chi connectivity index (χ1) is 12.2. The number of hydrogen-bond donors (Lipinski definition) is 0. The zero-order valence-electron chi connectivity index (χ0n) is 14.4. The molecule has 1 fully saturated rings. The minimum atomic E-state index is 0.368. The molecule has 4 rings (SSSR count). The molecule has 1 unspecified atom stereocenters. The molecule has 0 spiro atoms. The predicted octanol–water partition coefficient (Wildman–Crippen LogP) is 0.565. The van der Waals surface area contributed by atoms with Gasteiger partial charge in [-0.25, -0.2) is 0 Å². The molecule has 3 aromatic heterocycles. The molecular weight excluding hydrogens is 322 g/mol. The van der Waals surface area contributed by atoms with Crippen molar-refractivity contribution in [3.05, 3.63) is 23.8 Å². The van der Waals surface area contributed by atoms with E-state index in [1.165, 1.54) is 4.63 Å². The van der Waals surface area contributed by atoms with Crippen molar-refractivity contribution in [3.63, 3.8) is 0 Å². The van der Waals surface area contributed by atoms with Crippen LogP contribution in [0, 0.1) is 0 Å². The van der Waals surface area contributed by atoms with Gasteiger partial charge >= 0.3 is 0 Å². The fraction of sp³-hybridized carbons (Fsp3) is 0.600. The Morgan fingerprint density at radius 1 is 1.36 bits per heavy atom. The van der Waals surface area contributed by atoms with E-state index in [-0.39, 0.29) is 0 Å². The Kier molecular flexibility index (Phi) is 4.26. The van der Waals surface area contributed by atoms with Crippen LogP contribution in [0.15, 0.2) is 16.7 Å². The number of anilines is 1. The molecular formula is C15H21N9O. The molecule has 3 aromatic rings. The van der Waals surface area contributed by atoms with Gasteiger partial charge in [0.05, 0.1) is 6.54 Å². The van der Waals surface area contributed by atoms with Gasteiger partial charge in [-0.05, 0) is 41.9 Å². The minimum Gasteiger partial charge on any atom is -0.354 e. The quantitative estimate of drug-likeness (QED) is 0.657. The maximum Gasteiger partial charge on any atom is 0.226 e. The number of piperidine rings is 1. The van der Waals surface area contributed by atoms with Gasteiger partial charge < -0.3 is 9.42 Å². The van der Waals surface area contributed by atoms with Crippen LogP contribution >= 0.6 is 0 Å². The van der Waals surface area contributed by atoms with E-state index in [4.69, 9.17) is 4.52 Å². The number of hydrogen-bond acceptors (Lipinski definition) is 9. The molecule has 10 heteroatoms. The van der Waals surface area contributed by atoms with E-state index in [1.54, 1.807) is 0 Å². The van der Waals surface area contributed by atoms with Crippen LogP contribution < -0.4 is 4.90 Å². The minimum absolute atomic E-state index is 0.368. The monoisotopic (exact) mass is 343 g/mol. The van der Waals surface area contributed by atoms with Gasteiger partial charge in [-0.1, -0.05) is 12.1 Å². The lowest BCUT2D eigenvalue weighted by Crippen LogP contribution is -2.46. The molecule has 1 atom stereocenters. The van der Waals surface area contributed by atoms with Crippen LogP contribution in [0.5, 0.6) is 0 Å². The number of aryl methyl sites for hydroxylation is 1. The number of likely N-dealkylation sites (N-methyl/N-ethyl adjacent to an activating group) is 1. The van der Waals surface area contributed by atoms with Gasteiger partial charge in [-0.2, -0.15) is 4.98 Å². The van der Waals surface area contributed by atoms with E-state index < -0.39 is 0 Å². The first kappa shape index (κ1) is 15.9. The number of tetrazole rings is 1. The largest absolute Gasteiger partial charge is 0.354 e. The molecule has 0 aromatic carbocycles. The Morgan fingerprint density at radius 3 is 3.12 bits per heavy atom. The Hall–Kier alpha value is -2.62. The van der Waals surface area contributed by atoms with E-state index in [9.17, 15) is 0 Å². The lowest BCUT2D eigenvalue weighted by atomic mass is 10.0. The van der Waals surface area contributed by atoms with Crippen molar-refractivity contribution >= 4 is 11.5 Å². The van der Waals surface area contributed by atoms with Crippen LogP contribution in [0.1, 0.15) is 31.5 Å². The summed E-state index contributed by atoms with van der Waals surface area (Å²) in [6.07, 6.45) is 3.01. The van der Waals surface area contributed by atoms with Crippen LogP contribution in [0.25, 0.3) is 5.65 Å². The smallest absolute Gasteiger partial charge is 0.226 e. The van der Waals surface area contributed by atoms with Crippen LogP contribution in [-0.4, -0.2) is 66.5 Å². The van der Waals surface area contributed by atoms with Crippen molar-refractivity contribution in [1.29, 1.82) is 0 Å².